The fraction of sp³-hybridized carbons (Fsp3) is 1.00. The summed E-state index contributed by atoms with van der Waals surface area (Å²) in [5, 5.41) is 9.27. The van der Waals surface area contributed by atoms with Gasteiger partial charge in [-0.15, -0.1) is 0 Å². The summed E-state index contributed by atoms with van der Waals surface area (Å²) in [4.78, 5) is 0. The number of aliphatic hydroxyl groups excluding tert-OH is 1. The lowest BCUT2D eigenvalue weighted by Gasteiger charge is -2.49. The third kappa shape index (κ3) is 2.83. The third-order valence-corrected chi connectivity index (χ3v) is 4.51. The summed E-state index contributed by atoms with van der Waals surface area (Å²) < 4.78 is 18.7. The lowest BCUT2D eigenvalue weighted by molar-refractivity contribution is -0.844. The van der Waals surface area contributed by atoms with E-state index in [-0.39, 0.29) is 12.7 Å². The fourth-order valence-electron chi connectivity index (χ4n) is 3.32. The second-order valence-corrected chi connectivity index (χ2v) is 5.85. The van der Waals surface area contributed by atoms with E-state index in [9.17, 15) is 5.11 Å². The number of nitrogens with zero attached hydrogens (tertiary/aromatic N) is 1. The van der Waals surface area contributed by atoms with E-state index in [1.165, 1.54) is 12.8 Å². The third-order valence-electron chi connectivity index (χ3n) is 4.51. The van der Waals surface area contributed by atoms with Gasteiger partial charge in [0.1, 0.15) is 0 Å². The van der Waals surface area contributed by atoms with E-state index in [0.29, 0.717) is 13.2 Å². The van der Waals surface area contributed by atoms with Crippen LogP contribution in [0.15, 0.2) is 0 Å². The van der Waals surface area contributed by atoms with Crippen molar-refractivity contribution in [2.75, 3.05) is 39.5 Å². The van der Waals surface area contributed by atoms with E-state index in [0.717, 1.165) is 36.9 Å². The highest BCUT2D eigenvalue weighted by Crippen LogP contribution is 2.36. The van der Waals surface area contributed by atoms with E-state index in [1.807, 2.05) is 0 Å². The molecular weight excluding hydrogens is 245 g/mol. The molecule has 0 radical (unpaired) electrons. The molecule has 1 spiro atoms. The van der Waals surface area contributed by atoms with Crippen LogP contribution in [0.3, 0.4) is 0 Å². The van der Waals surface area contributed by atoms with Crippen LogP contribution in [0.1, 0.15) is 39.5 Å². The maximum Gasteiger partial charge on any atom is 0.625 e. The van der Waals surface area contributed by atoms with E-state index in [1.54, 1.807) is 0 Å². The largest absolute Gasteiger partial charge is 0.625 e. The van der Waals surface area contributed by atoms with Gasteiger partial charge in [0, 0.05) is 19.7 Å². The van der Waals surface area contributed by atoms with Crippen molar-refractivity contribution in [2.24, 2.45) is 0 Å². The minimum absolute atomic E-state index is 0.00835. The maximum absolute atomic E-state index is 9.27. The van der Waals surface area contributed by atoms with Gasteiger partial charge in [0.2, 0.25) is 0 Å². The zero-order chi connectivity index (χ0) is 13.8. The molecule has 2 aliphatic rings. The summed E-state index contributed by atoms with van der Waals surface area (Å²) >= 11 is 0. The van der Waals surface area contributed by atoms with Gasteiger partial charge in [-0.25, -0.2) is 0 Å². The van der Waals surface area contributed by atoms with Crippen LogP contribution in [0.4, 0.5) is 0 Å². The Balaban J connectivity index is 2.14. The molecule has 19 heavy (non-hydrogen) atoms. The van der Waals surface area contributed by atoms with Crippen LogP contribution in [0.2, 0.25) is 0 Å². The predicted molar refractivity (Wildman–Crippen MR) is 74.3 cm³/mol. The van der Waals surface area contributed by atoms with Gasteiger partial charge < -0.3 is 23.5 Å². The molecule has 0 amide bonds. The average Bonchev–Trinajstić information content (AvgIpc) is 3.01. The Labute approximate surface area is 116 Å². The van der Waals surface area contributed by atoms with Gasteiger partial charge in [0.15, 0.2) is 0 Å². The van der Waals surface area contributed by atoms with Crippen molar-refractivity contribution < 1.29 is 23.5 Å². The summed E-state index contributed by atoms with van der Waals surface area (Å²) in [7, 11) is 0. The summed E-state index contributed by atoms with van der Waals surface area (Å²) in [6, 6.07) is 0. The molecule has 0 aromatic heterocycles. The summed E-state index contributed by atoms with van der Waals surface area (Å²) in [6.07, 6.45) is 4.43. The molecule has 2 atom stereocenters. The minimum Gasteiger partial charge on any atom is -0.483 e. The monoisotopic (exact) mass is 273 g/mol. The standard InChI is InChI=1S/C13H28BNO4/c1-3-5-7-15(8-6-4-2)9-10-17-14(15)18-12-13(11-16)19-14/h13,16H,3-12H2,1-2H3. The van der Waals surface area contributed by atoms with Crippen molar-refractivity contribution in [3.8, 4) is 0 Å². The van der Waals surface area contributed by atoms with Crippen molar-refractivity contribution in [3.05, 3.63) is 0 Å². The molecule has 112 valence electrons. The van der Waals surface area contributed by atoms with Gasteiger partial charge in [0.05, 0.1) is 25.9 Å². The molecule has 0 bridgehead atoms. The lowest BCUT2D eigenvalue weighted by Crippen LogP contribution is -2.68. The quantitative estimate of drug-likeness (QED) is 0.710. The molecule has 2 rings (SSSR count). The number of hydrogen-bond acceptors (Lipinski definition) is 4. The van der Waals surface area contributed by atoms with E-state index < -0.39 is 6.89 Å². The Bertz CT molecular complexity index is 284. The Morgan fingerprint density at radius 2 is 1.84 bits per heavy atom. The molecular formula is C13H28BNO4. The summed E-state index contributed by atoms with van der Waals surface area (Å²) in [5.74, 6) is 0. The highest BCUT2D eigenvalue weighted by Gasteiger charge is 2.60. The predicted octanol–water partition coefficient (Wildman–Crippen LogP) is 1.28. The Kier molecular flexibility index (Phi) is 5.26. The fourth-order valence-corrected chi connectivity index (χ4v) is 3.32. The zero-order valence-corrected chi connectivity index (χ0v) is 12.3. The Hall–Kier alpha value is -0.135. The molecule has 0 aromatic rings. The first kappa shape index (κ1) is 15.3. The van der Waals surface area contributed by atoms with Crippen molar-refractivity contribution in [2.45, 2.75) is 45.6 Å². The van der Waals surface area contributed by atoms with Crippen LogP contribution >= 0.6 is 0 Å². The first-order chi connectivity index (χ1) is 9.22. The second kappa shape index (κ2) is 6.54. The highest BCUT2D eigenvalue weighted by molar-refractivity contribution is 6.53. The van der Waals surface area contributed by atoms with Crippen LogP contribution < -0.4 is 0 Å². The summed E-state index contributed by atoms with van der Waals surface area (Å²) in [5.41, 5.74) is 0. The van der Waals surface area contributed by atoms with Crippen LogP contribution in [0.5, 0.6) is 0 Å². The number of quaternary nitrogens is 1. The van der Waals surface area contributed by atoms with Crippen molar-refractivity contribution >= 4 is 6.89 Å². The van der Waals surface area contributed by atoms with Gasteiger partial charge in [-0.2, -0.15) is 0 Å². The van der Waals surface area contributed by atoms with Gasteiger partial charge >= 0.3 is 6.89 Å². The zero-order valence-electron chi connectivity index (χ0n) is 12.3. The number of aliphatic hydroxyl groups is 1. The molecule has 5 nitrogen and oxygen atoms in total. The molecule has 0 aliphatic carbocycles. The van der Waals surface area contributed by atoms with Crippen molar-refractivity contribution in [3.63, 3.8) is 0 Å². The molecule has 2 fully saturated rings. The highest BCUT2D eigenvalue weighted by atomic mass is 16.8. The Morgan fingerprint density at radius 3 is 2.37 bits per heavy atom. The van der Waals surface area contributed by atoms with Gasteiger partial charge in [-0.05, 0) is 12.8 Å². The molecule has 0 aromatic carbocycles. The smallest absolute Gasteiger partial charge is 0.483 e. The first-order valence-electron chi connectivity index (χ1n) is 7.77. The van der Waals surface area contributed by atoms with E-state index >= 15 is 0 Å². The first-order valence-corrected chi connectivity index (χ1v) is 7.77. The minimum atomic E-state index is -1.70. The van der Waals surface area contributed by atoms with Gasteiger partial charge in [-0.3, -0.25) is 0 Å². The number of rotatable bonds is 7. The van der Waals surface area contributed by atoms with Gasteiger partial charge in [0.25, 0.3) is 0 Å². The van der Waals surface area contributed by atoms with Crippen molar-refractivity contribution in [1.82, 2.24) is 0 Å². The topological polar surface area (TPSA) is 47.9 Å². The molecule has 2 aliphatic heterocycles. The normalized spacial score (nSPS) is 33.3. The summed E-state index contributed by atoms with van der Waals surface area (Å²) in [6.45, 7) is 6.94. The maximum atomic E-state index is 9.27. The van der Waals surface area contributed by atoms with Crippen LogP contribution in [-0.2, 0) is 14.0 Å². The number of hydrogen-bond donors (Lipinski definition) is 1. The molecule has 0 saturated carbocycles. The number of unbranched alkanes of at least 4 members (excludes halogenated alkanes) is 2. The molecule has 6 heteroatoms. The average molecular weight is 273 g/mol. The molecule has 2 unspecified atom stereocenters. The molecule has 2 saturated heterocycles. The van der Waals surface area contributed by atoms with Crippen LogP contribution in [-0.4, -0.2) is 61.9 Å². The Morgan fingerprint density at radius 1 is 1.16 bits per heavy atom. The van der Waals surface area contributed by atoms with E-state index in [2.05, 4.69) is 13.8 Å². The lowest BCUT2D eigenvalue weighted by atomic mass is 9.87. The SMILES string of the molecule is CCCC[N+]1(CCCC)CCO[B-]12OCC(CO)O2. The molecule has 2 heterocycles. The van der Waals surface area contributed by atoms with Crippen LogP contribution in [0.25, 0.3) is 0 Å². The van der Waals surface area contributed by atoms with Gasteiger partial charge in [-0.1, -0.05) is 26.7 Å². The molecule has 1 N–H and O–H groups in total. The van der Waals surface area contributed by atoms with E-state index in [4.69, 9.17) is 14.0 Å². The van der Waals surface area contributed by atoms with Crippen LogP contribution in [0, 0.1) is 0 Å². The second-order valence-electron chi connectivity index (χ2n) is 5.85. The van der Waals surface area contributed by atoms with Crippen molar-refractivity contribution in [1.29, 1.82) is 0 Å².